The van der Waals surface area contributed by atoms with E-state index in [0.717, 1.165) is 35.3 Å². The molecule has 0 radical (unpaired) electrons. The summed E-state index contributed by atoms with van der Waals surface area (Å²) in [5.41, 5.74) is 2.78. The van der Waals surface area contributed by atoms with Gasteiger partial charge in [-0.1, -0.05) is 84.9 Å². The average molecular weight is 627 g/mol. The first-order chi connectivity index (χ1) is 22.4. The molecule has 3 aromatic carbocycles. The summed E-state index contributed by atoms with van der Waals surface area (Å²) in [6, 6.07) is 25.6. The Hall–Kier alpha value is -4.69. The van der Waals surface area contributed by atoms with E-state index in [2.05, 4.69) is 23.8 Å². The summed E-state index contributed by atoms with van der Waals surface area (Å²) in [7, 11) is 0. The van der Waals surface area contributed by atoms with E-state index < -0.39 is 18.0 Å². The van der Waals surface area contributed by atoms with Gasteiger partial charge in [0.25, 0.3) is 0 Å². The largest absolute Gasteiger partial charge is 0.489 e. The number of aliphatic hydroxyl groups is 1. The lowest BCUT2D eigenvalue weighted by molar-refractivity contribution is -0.145. The summed E-state index contributed by atoms with van der Waals surface area (Å²) in [5.74, 6) is -1.00. The van der Waals surface area contributed by atoms with Gasteiger partial charge in [0, 0.05) is 12.8 Å². The normalized spacial score (nSPS) is 12.6. The zero-order valence-electron chi connectivity index (χ0n) is 26.4. The molecule has 3 rings (SSSR count). The van der Waals surface area contributed by atoms with Crippen molar-refractivity contribution in [2.75, 3.05) is 13.2 Å². The van der Waals surface area contributed by atoms with Gasteiger partial charge < -0.3 is 25.2 Å². The predicted molar refractivity (Wildman–Crippen MR) is 180 cm³/mol. The lowest BCUT2D eigenvalue weighted by Crippen LogP contribution is -2.42. The molecule has 3 unspecified atom stereocenters. The molecule has 0 aliphatic heterocycles. The zero-order valence-corrected chi connectivity index (χ0v) is 26.4. The summed E-state index contributed by atoms with van der Waals surface area (Å²) in [5, 5.41) is 15.8. The second kappa shape index (κ2) is 20.4. The van der Waals surface area contributed by atoms with Crippen LogP contribution >= 0.6 is 0 Å². The van der Waals surface area contributed by atoms with Crippen molar-refractivity contribution in [1.82, 2.24) is 10.6 Å². The molecular weight excluding hydrogens is 580 g/mol. The van der Waals surface area contributed by atoms with Gasteiger partial charge in [-0.2, -0.15) is 0 Å². The molecule has 0 saturated carbocycles. The standard InChI is InChI=1S/C38H46N2O6/c1-3-5-6-13-19-37(43)46-28-35(31-17-11-8-12-18-31)40-38(44)32(14-4-2)25-36(42)39-33(26-41)24-29-20-22-34(23-21-29)45-27-30-15-9-7-10-16-30/h3-4,7-12,15-18,20-23,32-33,35,41H,1-2,5-6,13-14,19,24-28H2,(H,39,42)(H,40,44). The van der Waals surface area contributed by atoms with Crippen LogP contribution in [0.25, 0.3) is 0 Å². The van der Waals surface area contributed by atoms with Gasteiger partial charge in [-0.15, -0.1) is 13.2 Å². The van der Waals surface area contributed by atoms with E-state index in [1.807, 2.05) is 91.0 Å². The maximum atomic E-state index is 13.4. The molecular formula is C38H46N2O6. The first kappa shape index (κ1) is 35.8. The predicted octanol–water partition coefficient (Wildman–Crippen LogP) is 6.01. The third kappa shape index (κ3) is 13.1. The number of carbonyl (C=O) groups is 3. The van der Waals surface area contributed by atoms with Gasteiger partial charge in [0.05, 0.1) is 24.6 Å². The van der Waals surface area contributed by atoms with Crippen LogP contribution in [0.5, 0.6) is 5.75 Å². The van der Waals surface area contributed by atoms with Gasteiger partial charge in [0.1, 0.15) is 19.0 Å². The second-order valence-electron chi connectivity index (χ2n) is 11.2. The number of hydrogen-bond donors (Lipinski definition) is 3. The van der Waals surface area contributed by atoms with Crippen LogP contribution in [0.4, 0.5) is 0 Å². The van der Waals surface area contributed by atoms with Crippen LogP contribution < -0.4 is 15.4 Å². The molecule has 0 bridgehead atoms. The monoisotopic (exact) mass is 626 g/mol. The molecule has 8 heteroatoms. The van der Waals surface area contributed by atoms with Crippen molar-refractivity contribution in [3.05, 3.63) is 127 Å². The lowest BCUT2D eigenvalue weighted by Gasteiger charge is -2.23. The molecule has 0 aliphatic rings. The Bertz CT molecular complexity index is 1360. The first-order valence-corrected chi connectivity index (χ1v) is 15.8. The highest BCUT2D eigenvalue weighted by atomic mass is 16.5. The van der Waals surface area contributed by atoms with Gasteiger partial charge in [-0.3, -0.25) is 14.4 Å². The van der Waals surface area contributed by atoms with Crippen LogP contribution in [0.2, 0.25) is 0 Å². The molecule has 0 spiro atoms. The second-order valence-corrected chi connectivity index (χ2v) is 11.2. The van der Waals surface area contributed by atoms with Crippen molar-refractivity contribution in [2.45, 2.75) is 63.6 Å². The average Bonchev–Trinajstić information content (AvgIpc) is 3.08. The summed E-state index contributed by atoms with van der Waals surface area (Å²) >= 11 is 0. The third-order valence-electron chi connectivity index (χ3n) is 7.46. The Labute approximate surface area is 272 Å². The van der Waals surface area contributed by atoms with Crippen molar-refractivity contribution in [3.63, 3.8) is 0 Å². The smallest absolute Gasteiger partial charge is 0.305 e. The summed E-state index contributed by atoms with van der Waals surface area (Å²) in [6.07, 6.45) is 6.70. The Morgan fingerprint density at radius 1 is 0.826 bits per heavy atom. The minimum atomic E-state index is -0.696. The molecule has 3 N–H and O–H groups in total. The molecule has 46 heavy (non-hydrogen) atoms. The van der Waals surface area contributed by atoms with Crippen LogP contribution in [0.3, 0.4) is 0 Å². The molecule has 0 fully saturated rings. The number of aliphatic hydroxyl groups excluding tert-OH is 1. The van der Waals surface area contributed by atoms with Crippen molar-refractivity contribution < 1.29 is 29.0 Å². The first-order valence-electron chi connectivity index (χ1n) is 15.8. The minimum Gasteiger partial charge on any atom is -0.489 e. The number of esters is 1. The van der Waals surface area contributed by atoms with E-state index in [0.29, 0.717) is 25.9 Å². The van der Waals surface area contributed by atoms with Crippen LogP contribution in [0.15, 0.2) is 110 Å². The van der Waals surface area contributed by atoms with Crippen LogP contribution in [-0.4, -0.2) is 42.1 Å². The van der Waals surface area contributed by atoms with Gasteiger partial charge in [0.2, 0.25) is 11.8 Å². The van der Waals surface area contributed by atoms with E-state index in [4.69, 9.17) is 9.47 Å². The third-order valence-corrected chi connectivity index (χ3v) is 7.46. The summed E-state index contributed by atoms with van der Waals surface area (Å²) in [4.78, 5) is 38.8. The molecule has 244 valence electrons. The van der Waals surface area contributed by atoms with Crippen LogP contribution in [-0.2, 0) is 32.1 Å². The Morgan fingerprint density at radius 3 is 2.17 bits per heavy atom. The van der Waals surface area contributed by atoms with E-state index in [1.165, 1.54) is 0 Å². The number of unbranched alkanes of at least 4 members (excludes halogenated alkanes) is 2. The number of allylic oxidation sites excluding steroid dienone is 2. The molecule has 0 saturated heterocycles. The van der Waals surface area contributed by atoms with Crippen molar-refractivity contribution in [2.24, 2.45) is 5.92 Å². The fourth-order valence-corrected chi connectivity index (χ4v) is 4.91. The maximum Gasteiger partial charge on any atom is 0.305 e. The van der Waals surface area contributed by atoms with Crippen molar-refractivity contribution in [1.29, 1.82) is 0 Å². The molecule has 0 aliphatic carbocycles. The van der Waals surface area contributed by atoms with Gasteiger partial charge >= 0.3 is 5.97 Å². The SMILES string of the molecule is C=CCCCCC(=O)OCC(NC(=O)C(CC=C)CC(=O)NC(CO)Cc1ccc(OCc2ccccc2)cc1)c1ccccc1. The van der Waals surface area contributed by atoms with Gasteiger partial charge in [-0.05, 0) is 60.9 Å². The summed E-state index contributed by atoms with van der Waals surface area (Å²) < 4.78 is 11.4. The lowest BCUT2D eigenvalue weighted by atomic mass is 9.97. The fourth-order valence-electron chi connectivity index (χ4n) is 4.91. The number of amides is 2. The van der Waals surface area contributed by atoms with Gasteiger partial charge in [-0.25, -0.2) is 0 Å². The Morgan fingerprint density at radius 2 is 1.52 bits per heavy atom. The molecule has 8 nitrogen and oxygen atoms in total. The highest BCUT2D eigenvalue weighted by Crippen LogP contribution is 2.19. The summed E-state index contributed by atoms with van der Waals surface area (Å²) in [6.45, 7) is 7.63. The highest BCUT2D eigenvalue weighted by molar-refractivity contribution is 5.86. The van der Waals surface area contributed by atoms with E-state index in [1.54, 1.807) is 6.08 Å². The Kier molecular flexibility index (Phi) is 15.8. The Balaban J connectivity index is 1.54. The van der Waals surface area contributed by atoms with Crippen LogP contribution in [0.1, 0.15) is 61.3 Å². The number of benzene rings is 3. The molecule has 3 atom stereocenters. The number of nitrogens with one attached hydrogen (secondary N) is 2. The van der Waals surface area contributed by atoms with E-state index >= 15 is 0 Å². The quantitative estimate of drug-likeness (QED) is 0.0758. The topological polar surface area (TPSA) is 114 Å². The molecule has 0 aromatic heterocycles. The molecule has 0 heterocycles. The highest BCUT2D eigenvalue weighted by Gasteiger charge is 2.26. The molecule has 3 aromatic rings. The maximum absolute atomic E-state index is 13.4. The number of carbonyl (C=O) groups excluding carboxylic acids is 3. The molecule has 2 amide bonds. The minimum absolute atomic E-state index is 0.0221. The van der Waals surface area contributed by atoms with Gasteiger partial charge in [0.15, 0.2) is 0 Å². The van der Waals surface area contributed by atoms with Crippen molar-refractivity contribution >= 4 is 17.8 Å². The van der Waals surface area contributed by atoms with Crippen molar-refractivity contribution in [3.8, 4) is 5.75 Å². The number of hydrogen-bond acceptors (Lipinski definition) is 6. The number of ether oxygens (including phenoxy) is 2. The van der Waals surface area contributed by atoms with E-state index in [-0.39, 0.29) is 43.8 Å². The van der Waals surface area contributed by atoms with E-state index in [9.17, 15) is 19.5 Å². The zero-order chi connectivity index (χ0) is 33.0. The van der Waals surface area contributed by atoms with Crippen LogP contribution in [0, 0.1) is 5.92 Å². The number of rotatable bonds is 21. The fraction of sp³-hybridized carbons (Fsp3) is 0.342.